The van der Waals surface area contributed by atoms with Gasteiger partial charge < -0.3 is 10.4 Å². The highest BCUT2D eigenvalue weighted by Gasteiger charge is 2.15. The monoisotopic (exact) mass is 309 g/mol. The summed E-state index contributed by atoms with van der Waals surface area (Å²) >= 11 is 0. The third-order valence-electron chi connectivity index (χ3n) is 3.75. The summed E-state index contributed by atoms with van der Waals surface area (Å²) in [6, 6.07) is 15.5. The summed E-state index contributed by atoms with van der Waals surface area (Å²) in [5.41, 5.74) is 3.29. The van der Waals surface area contributed by atoms with Crippen LogP contribution in [0.15, 0.2) is 48.5 Å². The van der Waals surface area contributed by atoms with Gasteiger partial charge in [0.1, 0.15) is 0 Å². The molecule has 0 spiro atoms. The van der Waals surface area contributed by atoms with E-state index in [4.69, 9.17) is 0 Å². The maximum Gasteiger partial charge on any atom is 0.272 e. The van der Waals surface area contributed by atoms with Crippen LogP contribution >= 0.6 is 0 Å². The smallest absolute Gasteiger partial charge is 0.272 e. The topological polar surface area (TPSA) is 78.0 Å². The van der Waals surface area contributed by atoms with E-state index in [1.807, 2.05) is 55.5 Å². The summed E-state index contributed by atoms with van der Waals surface area (Å²) < 4.78 is 0. The largest absolute Gasteiger partial charge is 0.391 e. The van der Waals surface area contributed by atoms with Crippen LogP contribution in [0, 0.1) is 6.92 Å². The summed E-state index contributed by atoms with van der Waals surface area (Å²) in [6.45, 7) is 2.16. The van der Waals surface area contributed by atoms with Gasteiger partial charge in [-0.1, -0.05) is 42.0 Å². The van der Waals surface area contributed by atoms with Crippen LogP contribution in [-0.2, 0) is 6.42 Å². The molecular weight excluding hydrogens is 290 g/mol. The molecule has 0 saturated carbocycles. The molecule has 3 rings (SSSR count). The normalized spacial score (nSPS) is 12.3. The Morgan fingerprint density at radius 1 is 1.26 bits per heavy atom. The minimum atomic E-state index is -0.631. The molecule has 5 heteroatoms. The first-order valence-corrected chi connectivity index (χ1v) is 7.58. The number of aromatic nitrogens is 2. The second kappa shape index (κ2) is 6.62. The van der Waals surface area contributed by atoms with Crippen molar-refractivity contribution in [1.29, 1.82) is 0 Å². The van der Waals surface area contributed by atoms with Crippen LogP contribution in [0.1, 0.15) is 21.6 Å². The van der Waals surface area contributed by atoms with Gasteiger partial charge in [0.2, 0.25) is 0 Å². The molecule has 23 heavy (non-hydrogen) atoms. The van der Waals surface area contributed by atoms with E-state index in [0.717, 1.165) is 22.0 Å². The molecule has 0 saturated heterocycles. The molecule has 0 aliphatic heterocycles. The molecule has 118 valence electrons. The molecule has 3 N–H and O–H groups in total. The van der Waals surface area contributed by atoms with E-state index >= 15 is 0 Å². The molecule has 2 aromatic carbocycles. The van der Waals surface area contributed by atoms with Gasteiger partial charge in [0, 0.05) is 18.4 Å². The zero-order valence-electron chi connectivity index (χ0n) is 12.9. The van der Waals surface area contributed by atoms with Crippen molar-refractivity contribution in [3.8, 4) is 0 Å². The molecule has 3 aromatic rings. The van der Waals surface area contributed by atoms with Gasteiger partial charge >= 0.3 is 0 Å². The Morgan fingerprint density at radius 3 is 2.83 bits per heavy atom. The van der Waals surface area contributed by atoms with Crippen molar-refractivity contribution in [2.75, 3.05) is 6.54 Å². The van der Waals surface area contributed by atoms with Gasteiger partial charge in [-0.05, 0) is 24.6 Å². The van der Waals surface area contributed by atoms with E-state index in [-0.39, 0.29) is 12.5 Å². The minimum Gasteiger partial charge on any atom is -0.391 e. The number of carbonyl (C=O) groups is 1. The zero-order valence-corrected chi connectivity index (χ0v) is 12.9. The van der Waals surface area contributed by atoms with Crippen LogP contribution in [0.3, 0.4) is 0 Å². The molecule has 5 nitrogen and oxygen atoms in total. The van der Waals surface area contributed by atoms with Crippen LogP contribution in [0.25, 0.3) is 10.9 Å². The van der Waals surface area contributed by atoms with E-state index in [1.54, 1.807) is 0 Å². The SMILES string of the molecule is Cc1ccc2[nH]nc(C(=O)NCC(O)Cc3ccccc3)c2c1. The number of benzene rings is 2. The second-order valence-corrected chi connectivity index (χ2v) is 5.67. The number of aryl methyl sites for hydroxylation is 1. The summed E-state index contributed by atoms with van der Waals surface area (Å²) in [6.07, 6.45) is -0.130. The first kappa shape index (κ1) is 15.2. The number of rotatable bonds is 5. The Labute approximate surface area is 134 Å². The van der Waals surface area contributed by atoms with Crippen molar-refractivity contribution in [2.45, 2.75) is 19.4 Å². The standard InChI is InChI=1S/C18H19N3O2/c1-12-7-8-16-15(9-12)17(21-20-16)18(23)19-11-14(22)10-13-5-3-2-4-6-13/h2-9,14,22H,10-11H2,1H3,(H,19,23)(H,20,21). The number of nitrogens with one attached hydrogen (secondary N) is 2. The highest BCUT2D eigenvalue weighted by molar-refractivity contribution is 6.04. The Hall–Kier alpha value is -2.66. The lowest BCUT2D eigenvalue weighted by molar-refractivity contribution is 0.0912. The number of hydrogen-bond acceptors (Lipinski definition) is 3. The lowest BCUT2D eigenvalue weighted by Crippen LogP contribution is -2.33. The van der Waals surface area contributed by atoms with Crippen LogP contribution < -0.4 is 5.32 Å². The number of amides is 1. The molecule has 0 bridgehead atoms. The zero-order chi connectivity index (χ0) is 16.2. The van der Waals surface area contributed by atoms with Gasteiger partial charge in [-0.2, -0.15) is 5.10 Å². The third kappa shape index (κ3) is 3.57. The van der Waals surface area contributed by atoms with Crippen molar-refractivity contribution >= 4 is 16.8 Å². The average molecular weight is 309 g/mol. The summed E-state index contributed by atoms with van der Waals surface area (Å²) in [5, 5.41) is 20.5. The summed E-state index contributed by atoms with van der Waals surface area (Å²) in [4.78, 5) is 12.3. The quantitative estimate of drug-likeness (QED) is 0.676. The van der Waals surface area contributed by atoms with Crippen molar-refractivity contribution in [3.63, 3.8) is 0 Å². The Bertz CT molecular complexity index is 812. The fraction of sp³-hybridized carbons (Fsp3) is 0.222. The third-order valence-corrected chi connectivity index (χ3v) is 3.75. The molecular formula is C18H19N3O2. The van der Waals surface area contributed by atoms with Crippen molar-refractivity contribution in [2.24, 2.45) is 0 Å². The van der Waals surface area contributed by atoms with E-state index in [1.165, 1.54) is 0 Å². The summed E-state index contributed by atoms with van der Waals surface area (Å²) in [5.74, 6) is -0.283. The number of aliphatic hydroxyl groups is 1. The fourth-order valence-electron chi connectivity index (χ4n) is 2.55. The average Bonchev–Trinajstić information content (AvgIpc) is 2.96. The molecule has 1 amide bonds. The van der Waals surface area contributed by atoms with Crippen molar-refractivity contribution in [3.05, 3.63) is 65.4 Å². The number of hydrogen-bond donors (Lipinski definition) is 3. The highest BCUT2D eigenvalue weighted by atomic mass is 16.3. The molecule has 0 aliphatic carbocycles. The molecule has 1 heterocycles. The van der Waals surface area contributed by atoms with Gasteiger partial charge in [-0.25, -0.2) is 0 Å². The van der Waals surface area contributed by atoms with Gasteiger partial charge in [0.05, 0.1) is 11.6 Å². The Morgan fingerprint density at radius 2 is 2.04 bits per heavy atom. The second-order valence-electron chi connectivity index (χ2n) is 5.67. The van der Waals surface area contributed by atoms with E-state index < -0.39 is 6.10 Å². The maximum absolute atomic E-state index is 12.3. The molecule has 1 aromatic heterocycles. The van der Waals surface area contributed by atoms with Crippen LogP contribution in [-0.4, -0.2) is 33.9 Å². The lowest BCUT2D eigenvalue weighted by Gasteiger charge is -2.11. The number of carbonyl (C=O) groups excluding carboxylic acids is 1. The molecule has 0 aliphatic rings. The molecule has 1 atom stereocenters. The Kier molecular flexibility index (Phi) is 4.39. The molecule has 0 fully saturated rings. The van der Waals surface area contributed by atoms with E-state index in [2.05, 4.69) is 15.5 Å². The first-order valence-electron chi connectivity index (χ1n) is 7.58. The predicted molar refractivity (Wildman–Crippen MR) is 89.3 cm³/mol. The number of aromatic amines is 1. The number of H-pyrrole nitrogens is 1. The van der Waals surface area contributed by atoms with Gasteiger partial charge in [-0.15, -0.1) is 0 Å². The van der Waals surface area contributed by atoms with Crippen molar-refractivity contribution in [1.82, 2.24) is 15.5 Å². The fourth-order valence-corrected chi connectivity index (χ4v) is 2.55. The van der Waals surface area contributed by atoms with E-state index in [9.17, 15) is 9.90 Å². The lowest BCUT2D eigenvalue weighted by atomic mass is 10.1. The van der Waals surface area contributed by atoms with Gasteiger partial charge in [0.15, 0.2) is 5.69 Å². The first-order chi connectivity index (χ1) is 11.1. The number of fused-ring (bicyclic) bond motifs is 1. The van der Waals surface area contributed by atoms with Crippen LogP contribution in [0.2, 0.25) is 0 Å². The molecule has 1 unspecified atom stereocenters. The summed E-state index contributed by atoms with van der Waals surface area (Å²) in [7, 11) is 0. The van der Waals surface area contributed by atoms with Crippen LogP contribution in [0.5, 0.6) is 0 Å². The number of aliphatic hydroxyl groups excluding tert-OH is 1. The Balaban J connectivity index is 1.63. The number of nitrogens with zero attached hydrogens (tertiary/aromatic N) is 1. The van der Waals surface area contributed by atoms with E-state index in [0.29, 0.717) is 12.1 Å². The highest BCUT2D eigenvalue weighted by Crippen LogP contribution is 2.17. The van der Waals surface area contributed by atoms with Crippen molar-refractivity contribution < 1.29 is 9.90 Å². The maximum atomic E-state index is 12.3. The van der Waals surface area contributed by atoms with Gasteiger partial charge in [0.25, 0.3) is 5.91 Å². The van der Waals surface area contributed by atoms with Crippen LogP contribution in [0.4, 0.5) is 0 Å². The van der Waals surface area contributed by atoms with Gasteiger partial charge in [-0.3, -0.25) is 9.89 Å². The minimum absolute atomic E-state index is 0.188. The predicted octanol–water partition coefficient (Wildman–Crippen LogP) is 2.20. The molecule has 0 radical (unpaired) electrons.